The van der Waals surface area contributed by atoms with E-state index in [1.165, 1.54) is 16.7 Å². The van der Waals surface area contributed by atoms with Crippen LogP contribution in [-0.2, 0) is 6.42 Å². The van der Waals surface area contributed by atoms with Crippen LogP contribution in [0.4, 0.5) is 10.5 Å². The van der Waals surface area contributed by atoms with Crippen molar-refractivity contribution in [3.63, 3.8) is 0 Å². The van der Waals surface area contributed by atoms with Gasteiger partial charge in [0.2, 0.25) is 0 Å². The molecule has 0 aromatic heterocycles. The lowest BCUT2D eigenvalue weighted by Gasteiger charge is -2.30. The third-order valence-corrected chi connectivity index (χ3v) is 5.43. The van der Waals surface area contributed by atoms with E-state index in [0.717, 1.165) is 17.9 Å². The fourth-order valence-corrected chi connectivity index (χ4v) is 3.74. The molecule has 29 heavy (non-hydrogen) atoms. The molecular weight excluding hydrogens is 360 g/mol. The fourth-order valence-electron chi connectivity index (χ4n) is 3.74. The van der Waals surface area contributed by atoms with Gasteiger partial charge in [0, 0.05) is 18.3 Å². The molecule has 0 radical (unpaired) electrons. The highest BCUT2D eigenvalue weighted by atomic mass is 16.5. The zero-order valence-corrected chi connectivity index (χ0v) is 19.0. The standard InChI is InChI=1S/C25H36N2O2/c1-8-27(19(6)16-20-12-14-21(29-7)15-13-20)25(28)26-24-22(17(2)3)10-9-11-23(24)18(4)5/h9-15,17-19H,8,16H2,1-7H3,(H,26,28). The first-order valence-electron chi connectivity index (χ1n) is 10.6. The summed E-state index contributed by atoms with van der Waals surface area (Å²) in [5.41, 5.74) is 4.53. The third-order valence-electron chi connectivity index (χ3n) is 5.43. The Bertz CT molecular complexity index is 771. The molecule has 4 heteroatoms. The van der Waals surface area contributed by atoms with Gasteiger partial charge in [-0.1, -0.05) is 58.0 Å². The molecule has 0 spiro atoms. The van der Waals surface area contributed by atoms with Crippen molar-refractivity contribution in [1.82, 2.24) is 4.90 Å². The monoisotopic (exact) mass is 396 g/mol. The topological polar surface area (TPSA) is 41.6 Å². The summed E-state index contributed by atoms with van der Waals surface area (Å²) in [5.74, 6) is 1.53. The molecule has 1 N–H and O–H groups in total. The van der Waals surface area contributed by atoms with Crippen molar-refractivity contribution in [3.8, 4) is 5.75 Å². The first kappa shape index (κ1) is 22.8. The van der Waals surface area contributed by atoms with E-state index in [1.807, 2.05) is 24.0 Å². The summed E-state index contributed by atoms with van der Waals surface area (Å²) >= 11 is 0. The van der Waals surface area contributed by atoms with Crippen LogP contribution in [0.3, 0.4) is 0 Å². The van der Waals surface area contributed by atoms with Gasteiger partial charge in [-0.05, 0) is 60.9 Å². The number of methoxy groups -OCH3 is 1. The van der Waals surface area contributed by atoms with Crippen LogP contribution < -0.4 is 10.1 Å². The smallest absolute Gasteiger partial charge is 0.322 e. The second-order valence-corrected chi connectivity index (χ2v) is 8.24. The van der Waals surface area contributed by atoms with E-state index >= 15 is 0 Å². The molecule has 0 heterocycles. The van der Waals surface area contributed by atoms with Crippen molar-refractivity contribution in [1.29, 1.82) is 0 Å². The SMILES string of the molecule is CCN(C(=O)Nc1c(C(C)C)cccc1C(C)C)C(C)Cc1ccc(OC)cc1. The number of likely N-dealkylation sites (N-methyl/N-ethyl adjacent to an activating group) is 1. The minimum atomic E-state index is -0.0384. The molecule has 2 amide bonds. The number of benzene rings is 2. The highest BCUT2D eigenvalue weighted by molar-refractivity contribution is 5.91. The third kappa shape index (κ3) is 5.75. The van der Waals surface area contributed by atoms with Gasteiger partial charge >= 0.3 is 6.03 Å². The molecule has 0 saturated carbocycles. The number of urea groups is 1. The molecule has 2 aromatic rings. The molecule has 0 bridgehead atoms. The van der Waals surface area contributed by atoms with Gasteiger partial charge in [0.15, 0.2) is 0 Å². The Balaban J connectivity index is 2.21. The number of hydrogen-bond donors (Lipinski definition) is 1. The zero-order valence-electron chi connectivity index (χ0n) is 19.0. The van der Waals surface area contributed by atoms with Crippen LogP contribution in [-0.4, -0.2) is 30.6 Å². The van der Waals surface area contributed by atoms with Gasteiger partial charge in [0.1, 0.15) is 5.75 Å². The van der Waals surface area contributed by atoms with Crippen molar-refractivity contribution < 1.29 is 9.53 Å². The summed E-state index contributed by atoms with van der Waals surface area (Å²) in [6, 6.07) is 14.4. The van der Waals surface area contributed by atoms with Gasteiger partial charge < -0.3 is 15.0 Å². The van der Waals surface area contributed by atoms with Gasteiger partial charge in [-0.2, -0.15) is 0 Å². The van der Waals surface area contributed by atoms with Crippen LogP contribution in [0.15, 0.2) is 42.5 Å². The summed E-state index contributed by atoms with van der Waals surface area (Å²) in [4.78, 5) is 15.1. The summed E-state index contributed by atoms with van der Waals surface area (Å²) in [7, 11) is 1.67. The van der Waals surface area contributed by atoms with E-state index in [0.29, 0.717) is 18.4 Å². The largest absolute Gasteiger partial charge is 0.497 e. The van der Waals surface area contributed by atoms with Crippen molar-refractivity contribution in [2.75, 3.05) is 19.0 Å². The van der Waals surface area contributed by atoms with Crippen LogP contribution in [0, 0.1) is 0 Å². The predicted molar refractivity (Wildman–Crippen MR) is 122 cm³/mol. The van der Waals surface area contributed by atoms with Crippen molar-refractivity contribution in [2.45, 2.75) is 65.8 Å². The minimum Gasteiger partial charge on any atom is -0.497 e. The number of hydrogen-bond acceptors (Lipinski definition) is 2. The van der Waals surface area contributed by atoms with Crippen molar-refractivity contribution in [3.05, 3.63) is 59.2 Å². The number of nitrogens with zero attached hydrogens (tertiary/aromatic N) is 1. The van der Waals surface area contributed by atoms with Gasteiger partial charge in [-0.15, -0.1) is 0 Å². The van der Waals surface area contributed by atoms with E-state index in [1.54, 1.807) is 7.11 Å². The molecule has 0 aliphatic carbocycles. The highest BCUT2D eigenvalue weighted by Gasteiger charge is 2.22. The van der Waals surface area contributed by atoms with Crippen LogP contribution in [0.2, 0.25) is 0 Å². The van der Waals surface area contributed by atoms with Gasteiger partial charge in [0.25, 0.3) is 0 Å². The zero-order chi connectivity index (χ0) is 21.6. The maximum atomic E-state index is 13.2. The lowest BCUT2D eigenvalue weighted by molar-refractivity contribution is 0.196. The van der Waals surface area contributed by atoms with Crippen LogP contribution in [0.25, 0.3) is 0 Å². The maximum absolute atomic E-state index is 13.2. The Kier molecular flexibility index (Phi) is 8.12. The Morgan fingerprint density at radius 3 is 1.97 bits per heavy atom. The number of carbonyl (C=O) groups is 1. The fraction of sp³-hybridized carbons (Fsp3) is 0.480. The number of amides is 2. The molecule has 0 fully saturated rings. The summed E-state index contributed by atoms with van der Waals surface area (Å²) in [5, 5.41) is 3.24. The maximum Gasteiger partial charge on any atom is 0.322 e. The molecule has 4 nitrogen and oxygen atoms in total. The molecule has 0 saturated heterocycles. The Labute approximate surface area is 176 Å². The number of rotatable bonds is 8. The molecular formula is C25H36N2O2. The molecule has 0 aliphatic heterocycles. The van der Waals surface area contributed by atoms with E-state index in [4.69, 9.17) is 4.74 Å². The Morgan fingerprint density at radius 2 is 1.52 bits per heavy atom. The molecule has 0 aliphatic rings. The summed E-state index contributed by atoms with van der Waals surface area (Å²) < 4.78 is 5.23. The van der Waals surface area contributed by atoms with Crippen LogP contribution in [0.5, 0.6) is 5.75 Å². The van der Waals surface area contributed by atoms with E-state index in [-0.39, 0.29) is 12.1 Å². The first-order chi connectivity index (χ1) is 13.8. The number of ether oxygens (including phenoxy) is 1. The Morgan fingerprint density at radius 1 is 0.966 bits per heavy atom. The predicted octanol–water partition coefficient (Wildman–Crippen LogP) is 6.43. The molecule has 1 atom stereocenters. The average Bonchev–Trinajstić information content (AvgIpc) is 2.68. The lowest BCUT2D eigenvalue weighted by atomic mass is 9.92. The van der Waals surface area contributed by atoms with Gasteiger partial charge in [-0.3, -0.25) is 0 Å². The van der Waals surface area contributed by atoms with E-state index in [2.05, 4.69) is 70.3 Å². The van der Waals surface area contributed by atoms with Gasteiger partial charge in [0.05, 0.1) is 7.11 Å². The Hall–Kier alpha value is -2.49. The first-order valence-corrected chi connectivity index (χ1v) is 10.6. The van der Waals surface area contributed by atoms with Crippen molar-refractivity contribution >= 4 is 11.7 Å². The molecule has 1 unspecified atom stereocenters. The second kappa shape index (κ2) is 10.3. The number of para-hydroxylation sites is 1. The molecule has 2 aromatic carbocycles. The highest BCUT2D eigenvalue weighted by Crippen LogP contribution is 2.32. The minimum absolute atomic E-state index is 0.0384. The second-order valence-electron chi connectivity index (χ2n) is 8.24. The van der Waals surface area contributed by atoms with Gasteiger partial charge in [-0.25, -0.2) is 4.79 Å². The molecule has 158 valence electrons. The van der Waals surface area contributed by atoms with Crippen LogP contribution in [0.1, 0.15) is 70.1 Å². The van der Waals surface area contributed by atoms with Crippen LogP contribution >= 0.6 is 0 Å². The average molecular weight is 397 g/mol. The van der Waals surface area contributed by atoms with E-state index in [9.17, 15) is 4.79 Å². The number of carbonyl (C=O) groups excluding carboxylic acids is 1. The number of anilines is 1. The quantitative estimate of drug-likeness (QED) is 0.559. The van der Waals surface area contributed by atoms with Crippen molar-refractivity contribution in [2.24, 2.45) is 0 Å². The number of nitrogens with one attached hydrogen (secondary N) is 1. The lowest BCUT2D eigenvalue weighted by Crippen LogP contribution is -2.42. The summed E-state index contributed by atoms with van der Waals surface area (Å²) in [6.07, 6.45) is 0.800. The molecule has 2 rings (SSSR count). The summed E-state index contributed by atoms with van der Waals surface area (Å²) in [6.45, 7) is 13.5. The normalized spacial score (nSPS) is 12.2. The van der Waals surface area contributed by atoms with E-state index < -0.39 is 0 Å².